The van der Waals surface area contributed by atoms with Crippen molar-refractivity contribution < 1.29 is 13.5 Å². The number of fused-ring (bicyclic) bond motifs is 1. The van der Waals surface area contributed by atoms with Gasteiger partial charge in [-0.15, -0.1) is 0 Å². The SMILES string of the molecule is Cc1ccc(C2=C(c3ccc(OC4CCN(CCCF)C4)cc3)c3ccc(N)cc3CCC2)cc1F. The fourth-order valence-corrected chi connectivity index (χ4v) is 5.48. The molecule has 0 amide bonds. The Labute approximate surface area is 212 Å². The predicted octanol–water partition coefficient (Wildman–Crippen LogP) is 6.82. The van der Waals surface area contributed by atoms with Gasteiger partial charge in [0.25, 0.3) is 0 Å². The van der Waals surface area contributed by atoms with Crippen LogP contribution in [-0.2, 0) is 6.42 Å². The number of alkyl halides is 1. The van der Waals surface area contributed by atoms with Gasteiger partial charge in [0.05, 0.1) is 6.67 Å². The Morgan fingerprint density at radius 3 is 2.58 bits per heavy atom. The number of likely N-dealkylation sites (tertiary alicyclic amines) is 1. The monoisotopic (exact) mass is 488 g/mol. The second-order valence-electron chi connectivity index (χ2n) is 9.98. The zero-order chi connectivity index (χ0) is 25.1. The van der Waals surface area contributed by atoms with Crippen LogP contribution >= 0.6 is 0 Å². The van der Waals surface area contributed by atoms with Gasteiger partial charge in [0.2, 0.25) is 0 Å². The molecule has 2 aliphatic rings. The molecule has 0 radical (unpaired) electrons. The minimum atomic E-state index is -0.272. The maximum atomic E-state index is 14.6. The second-order valence-corrected chi connectivity index (χ2v) is 9.98. The quantitative estimate of drug-likeness (QED) is 0.371. The van der Waals surface area contributed by atoms with E-state index in [2.05, 4.69) is 29.2 Å². The van der Waals surface area contributed by atoms with Gasteiger partial charge in [0, 0.05) is 25.3 Å². The summed E-state index contributed by atoms with van der Waals surface area (Å²) >= 11 is 0. The highest BCUT2D eigenvalue weighted by Crippen LogP contribution is 2.41. The van der Waals surface area contributed by atoms with Crippen LogP contribution in [0.15, 0.2) is 60.7 Å². The Balaban J connectivity index is 1.48. The molecule has 5 rings (SSSR count). The highest BCUT2D eigenvalue weighted by molar-refractivity contribution is 6.00. The van der Waals surface area contributed by atoms with Crippen LogP contribution < -0.4 is 10.5 Å². The number of nitrogens with two attached hydrogens (primary N) is 1. The largest absolute Gasteiger partial charge is 0.489 e. The summed E-state index contributed by atoms with van der Waals surface area (Å²) in [6.45, 7) is 4.10. The third kappa shape index (κ3) is 5.31. The van der Waals surface area contributed by atoms with Gasteiger partial charge in [-0.05, 0) is 108 Å². The fourth-order valence-electron chi connectivity index (χ4n) is 5.48. The van der Waals surface area contributed by atoms with Crippen LogP contribution in [0, 0.1) is 12.7 Å². The van der Waals surface area contributed by atoms with Crippen molar-refractivity contribution in [3.8, 4) is 5.75 Å². The van der Waals surface area contributed by atoms with E-state index in [9.17, 15) is 8.78 Å². The van der Waals surface area contributed by atoms with E-state index in [4.69, 9.17) is 10.5 Å². The molecule has 1 aliphatic carbocycles. The van der Waals surface area contributed by atoms with Crippen molar-refractivity contribution in [3.05, 3.63) is 94.3 Å². The first kappa shape index (κ1) is 24.5. The third-order valence-electron chi connectivity index (χ3n) is 7.38. The first-order chi connectivity index (χ1) is 17.5. The number of nitrogens with zero attached hydrogens (tertiary/aromatic N) is 1. The van der Waals surface area contributed by atoms with Crippen LogP contribution in [0.4, 0.5) is 14.5 Å². The second kappa shape index (κ2) is 10.8. The lowest BCUT2D eigenvalue weighted by atomic mass is 9.87. The average molecular weight is 489 g/mol. The Hall–Kier alpha value is -3.18. The van der Waals surface area contributed by atoms with E-state index < -0.39 is 0 Å². The van der Waals surface area contributed by atoms with Gasteiger partial charge in [-0.2, -0.15) is 0 Å². The molecular formula is C31H34F2N2O. The van der Waals surface area contributed by atoms with Gasteiger partial charge < -0.3 is 10.5 Å². The highest BCUT2D eigenvalue weighted by atomic mass is 19.1. The first-order valence-electron chi connectivity index (χ1n) is 13.0. The third-order valence-corrected chi connectivity index (χ3v) is 7.38. The molecule has 1 fully saturated rings. The summed E-state index contributed by atoms with van der Waals surface area (Å²) in [6.07, 6.45) is 4.44. The van der Waals surface area contributed by atoms with Crippen molar-refractivity contribution in [2.75, 3.05) is 32.0 Å². The average Bonchev–Trinajstić information content (AvgIpc) is 3.23. The molecule has 3 aromatic rings. The zero-order valence-corrected chi connectivity index (χ0v) is 20.9. The minimum Gasteiger partial charge on any atom is -0.489 e. The van der Waals surface area contributed by atoms with Crippen molar-refractivity contribution in [1.82, 2.24) is 4.90 Å². The lowest BCUT2D eigenvalue weighted by Crippen LogP contribution is -2.26. The standard InChI is InChI=1S/C31H34F2N2O/c1-21-6-7-24(19-30(21)33)28-5-2-4-23-18-25(34)10-13-29(23)31(28)22-8-11-26(12-9-22)36-27-14-17-35(20-27)16-3-15-32/h6-13,18-19,27H,2-5,14-17,20,34H2,1H3. The summed E-state index contributed by atoms with van der Waals surface area (Å²) in [5.74, 6) is 0.660. The molecule has 36 heavy (non-hydrogen) atoms. The van der Waals surface area contributed by atoms with E-state index in [1.165, 1.54) is 5.56 Å². The Bertz CT molecular complexity index is 1250. The topological polar surface area (TPSA) is 38.5 Å². The normalized spacial score (nSPS) is 18.2. The van der Waals surface area contributed by atoms with Crippen LogP contribution in [0.3, 0.4) is 0 Å². The molecule has 1 aliphatic heterocycles. The predicted molar refractivity (Wildman–Crippen MR) is 143 cm³/mol. The van der Waals surface area contributed by atoms with Crippen LogP contribution in [0.5, 0.6) is 5.75 Å². The van der Waals surface area contributed by atoms with Crippen molar-refractivity contribution in [1.29, 1.82) is 0 Å². The molecule has 1 atom stereocenters. The maximum Gasteiger partial charge on any atom is 0.126 e. The molecule has 5 heteroatoms. The minimum absolute atomic E-state index is 0.127. The summed E-state index contributed by atoms with van der Waals surface area (Å²) < 4.78 is 33.3. The van der Waals surface area contributed by atoms with Gasteiger partial charge in [-0.1, -0.05) is 30.3 Å². The van der Waals surface area contributed by atoms with Gasteiger partial charge in [-0.25, -0.2) is 4.39 Å². The lowest BCUT2D eigenvalue weighted by Gasteiger charge is -2.19. The molecule has 1 saturated heterocycles. The summed E-state index contributed by atoms with van der Waals surface area (Å²) in [5.41, 5.74) is 14.2. The number of allylic oxidation sites excluding steroid dienone is 1. The Morgan fingerprint density at radius 2 is 1.81 bits per heavy atom. The fraction of sp³-hybridized carbons (Fsp3) is 0.355. The number of rotatable bonds is 7. The van der Waals surface area contributed by atoms with E-state index in [-0.39, 0.29) is 18.6 Å². The molecule has 0 bridgehead atoms. The molecule has 3 aromatic carbocycles. The van der Waals surface area contributed by atoms with Crippen molar-refractivity contribution in [2.45, 2.75) is 45.1 Å². The molecule has 2 N–H and O–H groups in total. The Morgan fingerprint density at radius 1 is 1.00 bits per heavy atom. The highest BCUT2D eigenvalue weighted by Gasteiger charge is 2.24. The molecule has 188 valence electrons. The van der Waals surface area contributed by atoms with Gasteiger partial charge >= 0.3 is 0 Å². The van der Waals surface area contributed by atoms with Crippen molar-refractivity contribution >= 4 is 16.8 Å². The number of nitrogen functional groups attached to an aromatic ring is 1. The number of anilines is 1. The number of benzene rings is 3. The molecule has 1 heterocycles. The van der Waals surface area contributed by atoms with E-state index in [0.717, 1.165) is 84.6 Å². The molecule has 0 spiro atoms. The van der Waals surface area contributed by atoms with Crippen molar-refractivity contribution in [2.24, 2.45) is 0 Å². The Kier molecular flexibility index (Phi) is 7.38. The number of ether oxygens (including phenoxy) is 1. The summed E-state index contributed by atoms with van der Waals surface area (Å²) in [7, 11) is 0. The number of halogens is 2. The first-order valence-corrected chi connectivity index (χ1v) is 13.0. The number of hydrogen-bond acceptors (Lipinski definition) is 3. The number of hydrogen-bond donors (Lipinski definition) is 1. The van der Waals surface area contributed by atoms with Crippen LogP contribution in [0.2, 0.25) is 0 Å². The van der Waals surface area contributed by atoms with E-state index in [0.29, 0.717) is 12.0 Å². The maximum absolute atomic E-state index is 14.6. The molecular weight excluding hydrogens is 454 g/mol. The smallest absolute Gasteiger partial charge is 0.126 e. The van der Waals surface area contributed by atoms with Gasteiger partial charge in [0.1, 0.15) is 17.7 Å². The summed E-state index contributed by atoms with van der Waals surface area (Å²) in [5, 5.41) is 0. The van der Waals surface area contributed by atoms with Gasteiger partial charge in [-0.3, -0.25) is 9.29 Å². The summed E-state index contributed by atoms with van der Waals surface area (Å²) in [6, 6.07) is 20.0. The van der Waals surface area contributed by atoms with Gasteiger partial charge in [0.15, 0.2) is 0 Å². The molecule has 1 unspecified atom stereocenters. The van der Waals surface area contributed by atoms with E-state index in [1.54, 1.807) is 13.0 Å². The molecule has 3 nitrogen and oxygen atoms in total. The zero-order valence-electron chi connectivity index (χ0n) is 20.9. The van der Waals surface area contributed by atoms with Crippen molar-refractivity contribution in [3.63, 3.8) is 0 Å². The molecule has 0 aromatic heterocycles. The van der Waals surface area contributed by atoms with Crippen LogP contribution in [0.1, 0.15) is 53.5 Å². The van der Waals surface area contributed by atoms with E-state index >= 15 is 0 Å². The molecule has 0 saturated carbocycles. The van der Waals surface area contributed by atoms with Crippen LogP contribution in [0.25, 0.3) is 11.1 Å². The van der Waals surface area contributed by atoms with Crippen LogP contribution in [-0.4, -0.2) is 37.3 Å². The lowest BCUT2D eigenvalue weighted by molar-refractivity contribution is 0.198. The number of aryl methyl sites for hydroxylation is 2. The summed E-state index contributed by atoms with van der Waals surface area (Å²) in [4.78, 5) is 2.27. The van der Waals surface area contributed by atoms with E-state index in [1.807, 2.05) is 30.3 Å².